The molecular weight excluding hydrogens is 264 g/mol. The quantitative estimate of drug-likeness (QED) is 0.513. The fourth-order valence-electron chi connectivity index (χ4n) is 1.46. The molecule has 1 aromatic carbocycles. The molecule has 0 aromatic heterocycles. The number of hydrogen-bond donors (Lipinski definition) is 1. The first-order valence-corrected chi connectivity index (χ1v) is 10.0. The summed E-state index contributed by atoms with van der Waals surface area (Å²) >= 11 is 0. The highest BCUT2D eigenvalue weighted by molar-refractivity contribution is 6.74. The molecule has 0 amide bonds. The minimum atomic E-state index is -1.68. The smallest absolute Gasteiger partial charge is 0.192 e. The summed E-state index contributed by atoms with van der Waals surface area (Å²) in [5, 5.41) is 10.1. The Labute approximate surface area is 124 Å². The zero-order valence-electron chi connectivity index (χ0n) is 13.2. The Morgan fingerprint density at radius 2 is 1.80 bits per heavy atom. The molecular formula is C17H26O2Si. The van der Waals surface area contributed by atoms with Crippen molar-refractivity contribution >= 4 is 8.32 Å². The fraction of sp³-hybridized carbons (Fsp3) is 0.529. The van der Waals surface area contributed by atoms with Gasteiger partial charge in [-0.15, -0.1) is 0 Å². The van der Waals surface area contributed by atoms with Gasteiger partial charge >= 0.3 is 0 Å². The SMILES string of the molecule is CC(C)(C)[Si](C)(C)OCCC#CC(O)c1ccccc1. The summed E-state index contributed by atoms with van der Waals surface area (Å²) in [6.07, 6.45) is -0.0415. The summed E-state index contributed by atoms with van der Waals surface area (Å²) in [7, 11) is -1.68. The Hall–Kier alpha value is -1.08. The highest BCUT2D eigenvalue weighted by atomic mass is 28.4. The second kappa shape index (κ2) is 7.08. The molecule has 0 fully saturated rings. The van der Waals surface area contributed by atoms with Gasteiger partial charge < -0.3 is 9.53 Å². The summed E-state index contributed by atoms with van der Waals surface area (Å²) in [5.41, 5.74) is 0.838. The number of benzene rings is 1. The van der Waals surface area contributed by atoms with E-state index in [1.807, 2.05) is 30.3 Å². The molecule has 0 aliphatic rings. The van der Waals surface area contributed by atoms with E-state index in [9.17, 15) is 5.11 Å². The van der Waals surface area contributed by atoms with Gasteiger partial charge in [-0.25, -0.2) is 0 Å². The van der Waals surface area contributed by atoms with Crippen LogP contribution in [0.25, 0.3) is 0 Å². The number of aliphatic hydroxyl groups excluding tert-OH is 1. The second-order valence-corrected chi connectivity index (χ2v) is 11.3. The fourth-order valence-corrected chi connectivity index (χ4v) is 2.51. The highest BCUT2D eigenvalue weighted by Gasteiger charge is 2.36. The van der Waals surface area contributed by atoms with E-state index in [4.69, 9.17) is 4.43 Å². The largest absolute Gasteiger partial charge is 0.416 e. The van der Waals surface area contributed by atoms with Gasteiger partial charge in [0.05, 0.1) is 0 Å². The Morgan fingerprint density at radius 3 is 2.35 bits per heavy atom. The van der Waals surface area contributed by atoms with Crippen LogP contribution >= 0.6 is 0 Å². The molecule has 1 atom stereocenters. The Morgan fingerprint density at radius 1 is 1.20 bits per heavy atom. The van der Waals surface area contributed by atoms with Gasteiger partial charge in [0.25, 0.3) is 0 Å². The third kappa shape index (κ3) is 5.13. The zero-order valence-corrected chi connectivity index (χ0v) is 14.2. The van der Waals surface area contributed by atoms with E-state index in [1.54, 1.807) is 0 Å². The van der Waals surface area contributed by atoms with E-state index in [-0.39, 0.29) is 5.04 Å². The third-order valence-corrected chi connectivity index (χ3v) is 8.39. The van der Waals surface area contributed by atoms with Gasteiger partial charge in [0.15, 0.2) is 8.32 Å². The van der Waals surface area contributed by atoms with Gasteiger partial charge in [-0.05, 0) is 23.7 Å². The van der Waals surface area contributed by atoms with Crippen molar-refractivity contribution in [3.8, 4) is 11.8 Å². The maximum absolute atomic E-state index is 9.90. The molecule has 0 heterocycles. The zero-order chi connectivity index (χ0) is 15.2. The maximum Gasteiger partial charge on any atom is 0.192 e. The van der Waals surface area contributed by atoms with E-state index < -0.39 is 14.4 Å². The summed E-state index contributed by atoms with van der Waals surface area (Å²) in [4.78, 5) is 0. The normalized spacial score (nSPS) is 13.5. The molecule has 1 unspecified atom stereocenters. The third-order valence-electron chi connectivity index (χ3n) is 3.85. The predicted octanol–water partition coefficient (Wildman–Crippen LogP) is 4.14. The van der Waals surface area contributed by atoms with Crippen LogP contribution in [0.4, 0.5) is 0 Å². The molecule has 0 aliphatic heterocycles. The van der Waals surface area contributed by atoms with E-state index in [2.05, 4.69) is 45.7 Å². The molecule has 20 heavy (non-hydrogen) atoms. The minimum absolute atomic E-state index is 0.226. The average Bonchev–Trinajstić information content (AvgIpc) is 2.37. The number of hydrogen-bond acceptors (Lipinski definition) is 2. The summed E-state index contributed by atoms with van der Waals surface area (Å²) in [6.45, 7) is 11.8. The molecule has 2 nitrogen and oxygen atoms in total. The minimum Gasteiger partial charge on any atom is -0.416 e. The summed E-state index contributed by atoms with van der Waals surface area (Å²) < 4.78 is 6.04. The molecule has 3 heteroatoms. The average molecular weight is 290 g/mol. The van der Waals surface area contributed by atoms with Crippen LogP contribution in [0.5, 0.6) is 0 Å². The maximum atomic E-state index is 9.90. The van der Waals surface area contributed by atoms with Crippen LogP contribution in [0.15, 0.2) is 30.3 Å². The van der Waals surface area contributed by atoms with Crippen molar-refractivity contribution in [3.63, 3.8) is 0 Å². The number of rotatable bonds is 4. The van der Waals surface area contributed by atoms with Crippen LogP contribution in [-0.4, -0.2) is 20.0 Å². The Bertz CT molecular complexity index is 463. The molecule has 0 aliphatic carbocycles. The lowest BCUT2D eigenvalue weighted by atomic mass is 10.1. The summed E-state index contributed by atoms with van der Waals surface area (Å²) in [6, 6.07) is 9.50. The lowest BCUT2D eigenvalue weighted by Crippen LogP contribution is -2.40. The molecule has 110 valence electrons. The van der Waals surface area contributed by atoms with Crippen molar-refractivity contribution < 1.29 is 9.53 Å². The van der Waals surface area contributed by atoms with Crippen LogP contribution in [-0.2, 0) is 4.43 Å². The van der Waals surface area contributed by atoms with E-state index in [1.165, 1.54) is 0 Å². The number of aliphatic hydroxyl groups is 1. The predicted molar refractivity (Wildman–Crippen MR) is 86.9 cm³/mol. The van der Waals surface area contributed by atoms with E-state index in [0.29, 0.717) is 13.0 Å². The first kappa shape index (κ1) is 17.0. The molecule has 0 bridgehead atoms. The van der Waals surface area contributed by atoms with Gasteiger partial charge in [-0.2, -0.15) is 0 Å². The van der Waals surface area contributed by atoms with Gasteiger partial charge in [-0.1, -0.05) is 62.9 Å². The molecule has 0 saturated heterocycles. The summed E-state index contributed by atoms with van der Waals surface area (Å²) in [5.74, 6) is 5.87. The lowest BCUT2D eigenvalue weighted by molar-refractivity contribution is 0.238. The highest BCUT2D eigenvalue weighted by Crippen LogP contribution is 2.36. The first-order chi connectivity index (χ1) is 9.24. The van der Waals surface area contributed by atoms with Gasteiger partial charge in [0.2, 0.25) is 0 Å². The topological polar surface area (TPSA) is 29.5 Å². The molecule has 0 spiro atoms. The van der Waals surface area contributed by atoms with Crippen molar-refractivity contribution in [2.75, 3.05) is 6.61 Å². The van der Waals surface area contributed by atoms with Crippen molar-refractivity contribution in [2.24, 2.45) is 0 Å². The van der Waals surface area contributed by atoms with Crippen LogP contribution < -0.4 is 0 Å². The lowest BCUT2D eigenvalue weighted by Gasteiger charge is -2.35. The molecule has 1 N–H and O–H groups in total. The van der Waals surface area contributed by atoms with Crippen LogP contribution in [0.1, 0.15) is 38.9 Å². The van der Waals surface area contributed by atoms with E-state index >= 15 is 0 Å². The van der Waals surface area contributed by atoms with Gasteiger partial charge in [0, 0.05) is 13.0 Å². The molecule has 1 rings (SSSR count). The van der Waals surface area contributed by atoms with Crippen molar-refractivity contribution in [2.45, 2.75) is 51.4 Å². The van der Waals surface area contributed by atoms with Gasteiger partial charge in [-0.3, -0.25) is 0 Å². The molecule has 0 radical (unpaired) electrons. The van der Waals surface area contributed by atoms with Crippen LogP contribution in [0, 0.1) is 11.8 Å². The first-order valence-electron chi connectivity index (χ1n) is 7.09. The molecule has 0 saturated carbocycles. The molecule has 1 aromatic rings. The standard InChI is InChI=1S/C17H26O2Si/c1-17(2,3)20(4,5)19-14-10-9-13-16(18)15-11-7-6-8-12-15/h6-8,11-12,16,18H,10,14H2,1-5H3. The Balaban J connectivity index is 2.41. The van der Waals surface area contributed by atoms with Gasteiger partial charge in [0.1, 0.15) is 6.10 Å². The van der Waals surface area contributed by atoms with E-state index in [0.717, 1.165) is 5.56 Å². The van der Waals surface area contributed by atoms with Crippen LogP contribution in [0.2, 0.25) is 18.1 Å². The monoisotopic (exact) mass is 290 g/mol. The van der Waals surface area contributed by atoms with Crippen molar-refractivity contribution in [3.05, 3.63) is 35.9 Å². The van der Waals surface area contributed by atoms with Crippen molar-refractivity contribution in [1.29, 1.82) is 0 Å². The van der Waals surface area contributed by atoms with Crippen LogP contribution in [0.3, 0.4) is 0 Å². The van der Waals surface area contributed by atoms with Crippen molar-refractivity contribution in [1.82, 2.24) is 0 Å². The Kier molecular flexibility index (Phi) is 6.00. The second-order valence-electron chi connectivity index (χ2n) is 6.49.